The fourth-order valence-electron chi connectivity index (χ4n) is 1.38. The van der Waals surface area contributed by atoms with Crippen LogP contribution in [0.1, 0.15) is 11.1 Å². The van der Waals surface area contributed by atoms with Crippen LogP contribution in [0.4, 0.5) is 5.69 Å². The van der Waals surface area contributed by atoms with Crippen LogP contribution in [0.25, 0.3) is 0 Å². The highest BCUT2D eigenvalue weighted by Gasteiger charge is 2.03. The van der Waals surface area contributed by atoms with Crippen molar-refractivity contribution < 1.29 is 14.6 Å². The summed E-state index contributed by atoms with van der Waals surface area (Å²) in [6.07, 6.45) is 0. The average Bonchev–Trinajstić information content (AvgIpc) is 2.25. The first-order chi connectivity index (χ1) is 7.65. The highest BCUT2D eigenvalue weighted by molar-refractivity contribution is 5.54. The maximum Gasteiger partial charge on any atom is 0.124 e. The third kappa shape index (κ3) is 3.72. The van der Waals surface area contributed by atoms with E-state index in [9.17, 15) is 0 Å². The summed E-state index contributed by atoms with van der Waals surface area (Å²) in [5, 5.41) is 8.51. The van der Waals surface area contributed by atoms with E-state index in [-0.39, 0.29) is 6.61 Å². The lowest BCUT2D eigenvalue weighted by Gasteiger charge is -2.11. The SMILES string of the molecule is Cc1cc(C)c(OCCOCCO)cc1N. The van der Waals surface area contributed by atoms with Gasteiger partial charge in [-0.2, -0.15) is 0 Å². The van der Waals surface area contributed by atoms with Gasteiger partial charge >= 0.3 is 0 Å². The summed E-state index contributed by atoms with van der Waals surface area (Å²) in [5.41, 5.74) is 8.65. The van der Waals surface area contributed by atoms with Gasteiger partial charge in [-0.25, -0.2) is 0 Å². The van der Waals surface area contributed by atoms with Gasteiger partial charge in [0, 0.05) is 11.8 Å². The zero-order chi connectivity index (χ0) is 12.0. The summed E-state index contributed by atoms with van der Waals surface area (Å²) in [5.74, 6) is 0.788. The third-order valence-corrected chi connectivity index (χ3v) is 2.28. The highest BCUT2D eigenvalue weighted by atomic mass is 16.5. The third-order valence-electron chi connectivity index (χ3n) is 2.28. The van der Waals surface area contributed by atoms with E-state index in [4.69, 9.17) is 20.3 Å². The van der Waals surface area contributed by atoms with E-state index in [2.05, 4.69) is 0 Å². The molecule has 1 aromatic carbocycles. The topological polar surface area (TPSA) is 64.7 Å². The summed E-state index contributed by atoms with van der Waals surface area (Å²) in [6.45, 7) is 5.26. The van der Waals surface area contributed by atoms with Crippen LogP contribution in [-0.4, -0.2) is 31.5 Å². The van der Waals surface area contributed by atoms with E-state index in [0.717, 1.165) is 22.6 Å². The van der Waals surface area contributed by atoms with Gasteiger partial charge in [0.15, 0.2) is 0 Å². The molecule has 0 radical (unpaired) electrons. The number of aliphatic hydroxyl groups excluding tert-OH is 1. The molecule has 4 heteroatoms. The number of aryl methyl sites for hydroxylation is 2. The van der Waals surface area contributed by atoms with Gasteiger partial charge in [0.05, 0.1) is 19.8 Å². The molecule has 0 saturated carbocycles. The Morgan fingerprint density at radius 2 is 1.88 bits per heavy atom. The first-order valence-electron chi connectivity index (χ1n) is 5.33. The minimum atomic E-state index is 0.0382. The van der Waals surface area contributed by atoms with Gasteiger partial charge in [0.25, 0.3) is 0 Å². The zero-order valence-corrected chi connectivity index (χ0v) is 9.82. The lowest BCUT2D eigenvalue weighted by atomic mass is 10.1. The molecule has 4 nitrogen and oxygen atoms in total. The molecule has 1 rings (SSSR count). The summed E-state index contributed by atoms with van der Waals surface area (Å²) in [6, 6.07) is 3.83. The van der Waals surface area contributed by atoms with Crippen LogP contribution < -0.4 is 10.5 Å². The molecular weight excluding hydrogens is 206 g/mol. The monoisotopic (exact) mass is 225 g/mol. The van der Waals surface area contributed by atoms with Gasteiger partial charge in [0.2, 0.25) is 0 Å². The van der Waals surface area contributed by atoms with Crippen molar-refractivity contribution in [3.8, 4) is 5.75 Å². The molecule has 0 spiro atoms. The van der Waals surface area contributed by atoms with E-state index in [1.165, 1.54) is 0 Å². The molecule has 0 aliphatic rings. The molecule has 0 amide bonds. The Hall–Kier alpha value is -1.26. The number of ether oxygens (including phenoxy) is 2. The molecule has 3 N–H and O–H groups in total. The molecular formula is C12H19NO3. The number of hydrogen-bond donors (Lipinski definition) is 2. The molecule has 0 saturated heterocycles. The van der Waals surface area contributed by atoms with Crippen LogP contribution in [0.15, 0.2) is 12.1 Å². The molecule has 0 fully saturated rings. The highest BCUT2D eigenvalue weighted by Crippen LogP contribution is 2.24. The quantitative estimate of drug-likeness (QED) is 0.565. The maximum atomic E-state index is 8.51. The molecule has 0 atom stereocenters. The van der Waals surface area contributed by atoms with Crippen LogP contribution in [0.3, 0.4) is 0 Å². The summed E-state index contributed by atoms with van der Waals surface area (Å²) in [4.78, 5) is 0. The Labute approximate surface area is 96.0 Å². The zero-order valence-electron chi connectivity index (χ0n) is 9.82. The predicted molar refractivity (Wildman–Crippen MR) is 63.7 cm³/mol. The first kappa shape index (κ1) is 12.8. The smallest absolute Gasteiger partial charge is 0.124 e. The van der Waals surface area contributed by atoms with Crippen molar-refractivity contribution in [1.82, 2.24) is 0 Å². The Balaban J connectivity index is 2.45. The van der Waals surface area contributed by atoms with Crippen molar-refractivity contribution in [3.63, 3.8) is 0 Å². The summed E-state index contributed by atoms with van der Waals surface area (Å²) < 4.78 is 10.6. The van der Waals surface area contributed by atoms with Crippen molar-refractivity contribution in [2.24, 2.45) is 0 Å². The Morgan fingerprint density at radius 1 is 1.12 bits per heavy atom. The second kappa shape index (κ2) is 6.35. The Kier molecular flexibility index (Phi) is 5.08. The Morgan fingerprint density at radius 3 is 2.56 bits per heavy atom. The number of nitrogens with two attached hydrogens (primary N) is 1. The van der Waals surface area contributed by atoms with Crippen molar-refractivity contribution in [2.75, 3.05) is 32.2 Å². The van der Waals surface area contributed by atoms with Crippen LogP contribution in [-0.2, 0) is 4.74 Å². The van der Waals surface area contributed by atoms with Crippen molar-refractivity contribution in [3.05, 3.63) is 23.3 Å². The lowest BCUT2D eigenvalue weighted by molar-refractivity contribution is 0.0704. The van der Waals surface area contributed by atoms with Gasteiger partial charge in [-0.15, -0.1) is 0 Å². The van der Waals surface area contributed by atoms with Crippen molar-refractivity contribution in [1.29, 1.82) is 0 Å². The van der Waals surface area contributed by atoms with Crippen molar-refractivity contribution in [2.45, 2.75) is 13.8 Å². The number of nitrogen functional groups attached to an aromatic ring is 1. The number of benzene rings is 1. The predicted octanol–water partition coefficient (Wildman–Crippen LogP) is 1.27. The second-order valence-electron chi connectivity index (χ2n) is 3.66. The minimum absolute atomic E-state index is 0.0382. The average molecular weight is 225 g/mol. The normalized spacial score (nSPS) is 10.4. The van der Waals surface area contributed by atoms with Gasteiger partial charge in [-0.05, 0) is 25.0 Å². The van der Waals surface area contributed by atoms with E-state index >= 15 is 0 Å². The Bertz CT molecular complexity index is 339. The molecule has 0 unspecified atom stereocenters. The van der Waals surface area contributed by atoms with Crippen LogP contribution in [0, 0.1) is 13.8 Å². The number of rotatable bonds is 6. The number of anilines is 1. The lowest BCUT2D eigenvalue weighted by Crippen LogP contribution is -2.10. The minimum Gasteiger partial charge on any atom is -0.491 e. The number of aliphatic hydroxyl groups is 1. The standard InChI is InChI=1S/C12H19NO3/c1-9-7-10(2)12(8-11(9)13)16-6-5-15-4-3-14/h7-8,14H,3-6,13H2,1-2H3. The molecule has 0 aromatic heterocycles. The van der Waals surface area contributed by atoms with E-state index in [0.29, 0.717) is 19.8 Å². The largest absolute Gasteiger partial charge is 0.491 e. The molecule has 16 heavy (non-hydrogen) atoms. The molecule has 0 aliphatic carbocycles. The van der Waals surface area contributed by atoms with Crippen LogP contribution >= 0.6 is 0 Å². The van der Waals surface area contributed by atoms with Gasteiger partial charge in [-0.1, -0.05) is 6.07 Å². The second-order valence-corrected chi connectivity index (χ2v) is 3.66. The van der Waals surface area contributed by atoms with E-state index in [1.54, 1.807) is 0 Å². The molecule has 1 aromatic rings. The van der Waals surface area contributed by atoms with Gasteiger partial charge < -0.3 is 20.3 Å². The van der Waals surface area contributed by atoms with Gasteiger partial charge in [-0.3, -0.25) is 0 Å². The van der Waals surface area contributed by atoms with Crippen LogP contribution in [0.5, 0.6) is 5.75 Å². The van der Waals surface area contributed by atoms with Crippen molar-refractivity contribution >= 4 is 5.69 Å². The van der Waals surface area contributed by atoms with E-state index in [1.807, 2.05) is 26.0 Å². The summed E-state index contributed by atoms with van der Waals surface area (Å²) in [7, 11) is 0. The number of hydrogen-bond acceptors (Lipinski definition) is 4. The van der Waals surface area contributed by atoms with E-state index < -0.39 is 0 Å². The molecule has 0 bridgehead atoms. The fourth-order valence-corrected chi connectivity index (χ4v) is 1.38. The molecule has 90 valence electrons. The summed E-state index contributed by atoms with van der Waals surface area (Å²) >= 11 is 0. The molecule has 0 aliphatic heterocycles. The van der Waals surface area contributed by atoms with Gasteiger partial charge in [0.1, 0.15) is 12.4 Å². The van der Waals surface area contributed by atoms with Crippen LogP contribution in [0.2, 0.25) is 0 Å². The maximum absolute atomic E-state index is 8.51. The molecule has 0 heterocycles. The first-order valence-corrected chi connectivity index (χ1v) is 5.33. The fraction of sp³-hybridized carbons (Fsp3) is 0.500.